The van der Waals surface area contributed by atoms with Crippen LogP contribution in [-0.4, -0.2) is 45.6 Å². The predicted octanol–water partition coefficient (Wildman–Crippen LogP) is 3.60. The third kappa shape index (κ3) is 4.95. The topological polar surface area (TPSA) is 97.6 Å². The molecule has 0 spiro atoms. The zero-order chi connectivity index (χ0) is 27.6. The molecule has 0 N–H and O–H groups in total. The number of esters is 1. The number of hydrogen-bond donors (Lipinski definition) is 0. The van der Waals surface area contributed by atoms with Gasteiger partial charge in [0.25, 0.3) is 5.56 Å². The molecule has 200 valence electrons. The van der Waals surface area contributed by atoms with Gasteiger partial charge in [0.05, 0.1) is 66.9 Å². The van der Waals surface area contributed by atoms with Crippen LogP contribution in [0.5, 0.6) is 23.0 Å². The van der Waals surface area contributed by atoms with Gasteiger partial charge in [0.2, 0.25) is 0 Å². The normalized spacial score (nSPS) is 15.0. The van der Waals surface area contributed by atoms with E-state index in [-0.39, 0.29) is 12.2 Å². The molecule has 0 amide bonds. The molecule has 11 heteroatoms. The summed E-state index contributed by atoms with van der Waals surface area (Å²) in [5, 5.41) is 0. The molecule has 0 fully saturated rings. The van der Waals surface area contributed by atoms with Crippen LogP contribution in [0.15, 0.2) is 55.9 Å². The Hall–Kier alpha value is -3.57. The predicted molar refractivity (Wildman–Crippen MR) is 147 cm³/mol. The first-order chi connectivity index (χ1) is 18.3. The van der Waals surface area contributed by atoms with Crippen molar-refractivity contribution in [2.75, 3.05) is 35.0 Å². The first-order valence-corrected chi connectivity index (χ1v) is 13.2. The molecule has 9 nitrogen and oxygen atoms in total. The van der Waals surface area contributed by atoms with Crippen LogP contribution >= 0.6 is 27.3 Å². The summed E-state index contributed by atoms with van der Waals surface area (Å²) in [6, 6.07) is 8.10. The second-order valence-electron chi connectivity index (χ2n) is 8.14. The average molecular weight is 603 g/mol. The number of thiazole rings is 1. The number of carbonyl (C=O) groups excluding carboxylic acids is 1. The molecule has 2 heterocycles. The van der Waals surface area contributed by atoms with Crippen LogP contribution in [0, 0.1) is 0 Å². The summed E-state index contributed by atoms with van der Waals surface area (Å²) in [6.07, 6.45) is 1.70. The minimum atomic E-state index is -0.755. The molecule has 1 aliphatic rings. The second-order valence-corrected chi connectivity index (χ2v) is 10.0. The van der Waals surface area contributed by atoms with E-state index in [1.807, 2.05) is 12.1 Å². The van der Waals surface area contributed by atoms with Gasteiger partial charge in [0.15, 0.2) is 4.80 Å². The van der Waals surface area contributed by atoms with Crippen LogP contribution in [0.2, 0.25) is 0 Å². The molecule has 0 saturated heterocycles. The minimum Gasteiger partial charge on any atom is -0.496 e. The Morgan fingerprint density at radius 2 is 1.71 bits per heavy atom. The fourth-order valence-corrected chi connectivity index (χ4v) is 5.85. The van der Waals surface area contributed by atoms with Crippen molar-refractivity contribution in [3.05, 3.63) is 76.9 Å². The largest absolute Gasteiger partial charge is 0.496 e. The van der Waals surface area contributed by atoms with Gasteiger partial charge in [-0.3, -0.25) is 9.36 Å². The summed E-state index contributed by atoms with van der Waals surface area (Å²) in [4.78, 5) is 32.1. The molecule has 1 aliphatic heterocycles. The van der Waals surface area contributed by atoms with E-state index in [2.05, 4.69) is 20.9 Å². The van der Waals surface area contributed by atoms with Crippen LogP contribution in [0.1, 0.15) is 31.0 Å². The van der Waals surface area contributed by atoms with E-state index in [1.165, 1.54) is 30.1 Å². The molecule has 3 aromatic rings. The van der Waals surface area contributed by atoms with Crippen molar-refractivity contribution in [1.29, 1.82) is 0 Å². The summed E-state index contributed by atoms with van der Waals surface area (Å²) in [5.74, 6) is 1.60. The highest BCUT2D eigenvalue weighted by atomic mass is 79.9. The zero-order valence-corrected chi connectivity index (χ0v) is 24.2. The summed E-state index contributed by atoms with van der Waals surface area (Å²) in [6.45, 7) is 3.66. The molecule has 0 radical (unpaired) electrons. The zero-order valence-electron chi connectivity index (χ0n) is 21.8. The maximum absolute atomic E-state index is 13.9. The highest BCUT2D eigenvalue weighted by molar-refractivity contribution is 9.10. The van der Waals surface area contributed by atoms with Crippen LogP contribution in [0.3, 0.4) is 0 Å². The molecule has 1 atom stereocenters. The third-order valence-electron chi connectivity index (χ3n) is 6.04. The van der Waals surface area contributed by atoms with Gasteiger partial charge in [-0.1, -0.05) is 17.4 Å². The minimum absolute atomic E-state index is 0.191. The van der Waals surface area contributed by atoms with Crippen molar-refractivity contribution in [2.45, 2.75) is 19.9 Å². The summed E-state index contributed by atoms with van der Waals surface area (Å²) >= 11 is 4.73. The lowest BCUT2D eigenvalue weighted by Gasteiger charge is -2.25. The Balaban J connectivity index is 2.00. The van der Waals surface area contributed by atoms with E-state index >= 15 is 0 Å². The lowest BCUT2D eigenvalue weighted by Crippen LogP contribution is -2.40. The number of hydrogen-bond acceptors (Lipinski definition) is 9. The Bertz CT molecular complexity index is 1580. The fraction of sp³-hybridized carbons (Fsp3) is 0.296. The molecule has 38 heavy (non-hydrogen) atoms. The van der Waals surface area contributed by atoms with Crippen molar-refractivity contribution in [1.82, 2.24) is 4.57 Å². The number of ether oxygens (including phenoxy) is 5. The molecular weight excluding hydrogens is 576 g/mol. The van der Waals surface area contributed by atoms with E-state index in [0.29, 0.717) is 59.2 Å². The maximum atomic E-state index is 13.9. The van der Waals surface area contributed by atoms with Gasteiger partial charge in [-0.05, 0) is 53.5 Å². The number of halogens is 1. The van der Waals surface area contributed by atoms with Gasteiger partial charge in [-0.15, -0.1) is 0 Å². The van der Waals surface area contributed by atoms with Gasteiger partial charge in [-0.25, -0.2) is 9.79 Å². The van der Waals surface area contributed by atoms with Crippen molar-refractivity contribution in [2.24, 2.45) is 4.99 Å². The standard InChI is InChI=1S/C27H27BrN2O7S/c1-7-37-26(32)23-14(2)29-27-30(24(23)15-8-9-19(34-4)18(28)10-15)25(31)22(38-27)13-17-20(35-5)11-16(33-3)12-21(17)36-6/h8-13,24H,7H2,1-6H3/b22-13+/t24-/m1/s1. The highest BCUT2D eigenvalue weighted by Gasteiger charge is 2.33. The number of nitrogens with zero attached hydrogens (tertiary/aromatic N) is 2. The molecule has 0 unspecified atom stereocenters. The number of rotatable bonds is 8. The SMILES string of the molecule is CCOC(=O)C1=C(C)N=c2s/c(=C/c3c(OC)cc(OC)cc3OC)c(=O)n2[C@@H]1c1ccc(OC)c(Br)c1. The second kappa shape index (κ2) is 11.4. The Morgan fingerprint density at radius 1 is 1.05 bits per heavy atom. The number of aromatic nitrogens is 1. The molecule has 0 bridgehead atoms. The summed E-state index contributed by atoms with van der Waals surface area (Å²) in [7, 11) is 6.18. The van der Waals surface area contributed by atoms with Gasteiger partial charge < -0.3 is 23.7 Å². The molecule has 1 aromatic heterocycles. The molecule has 0 saturated carbocycles. The summed E-state index contributed by atoms with van der Waals surface area (Å²) in [5.41, 5.74) is 1.73. The number of fused-ring (bicyclic) bond motifs is 1. The first-order valence-electron chi connectivity index (χ1n) is 11.6. The number of methoxy groups -OCH3 is 4. The van der Waals surface area contributed by atoms with Crippen molar-refractivity contribution >= 4 is 39.3 Å². The monoisotopic (exact) mass is 602 g/mol. The molecular formula is C27H27BrN2O7S. The van der Waals surface area contributed by atoms with Gasteiger partial charge >= 0.3 is 5.97 Å². The summed E-state index contributed by atoms with van der Waals surface area (Å²) < 4.78 is 29.8. The maximum Gasteiger partial charge on any atom is 0.338 e. The smallest absolute Gasteiger partial charge is 0.338 e. The third-order valence-corrected chi connectivity index (χ3v) is 7.64. The number of carbonyl (C=O) groups is 1. The van der Waals surface area contributed by atoms with Gasteiger partial charge in [0.1, 0.15) is 23.0 Å². The number of allylic oxidation sites excluding steroid dienone is 1. The number of benzene rings is 2. The highest BCUT2D eigenvalue weighted by Crippen LogP contribution is 2.36. The quantitative estimate of drug-likeness (QED) is 0.363. The van der Waals surface area contributed by atoms with Gasteiger partial charge in [0, 0.05) is 12.1 Å². The lowest BCUT2D eigenvalue weighted by atomic mass is 9.96. The van der Waals surface area contributed by atoms with E-state index in [4.69, 9.17) is 23.7 Å². The van der Waals surface area contributed by atoms with Crippen molar-refractivity contribution in [3.63, 3.8) is 0 Å². The first kappa shape index (κ1) is 27.5. The Morgan fingerprint density at radius 3 is 2.26 bits per heavy atom. The Kier molecular flexibility index (Phi) is 8.27. The lowest BCUT2D eigenvalue weighted by molar-refractivity contribution is -0.139. The van der Waals surface area contributed by atoms with Gasteiger partial charge in [-0.2, -0.15) is 0 Å². The van der Waals surface area contributed by atoms with Crippen LogP contribution in [0.25, 0.3) is 6.08 Å². The van der Waals surface area contributed by atoms with E-state index in [0.717, 1.165) is 0 Å². The van der Waals surface area contributed by atoms with Crippen molar-refractivity contribution in [3.8, 4) is 23.0 Å². The van der Waals surface area contributed by atoms with E-state index in [1.54, 1.807) is 52.3 Å². The average Bonchev–Trinajstić information content (AvgIpc) is 3.21. The fourth-order valence-electron chi connectivity index (χ4n) is 4.27. The molecule has 0 aliphatic carbocycles. The van der Waals surface area contributed by atoms with Crippen molar-refractivity contribution < 1.29 is 28.5 Å². The Labute approximate surface area is 231 Å². The molecule has 2 aromatic carbocycles. The van der Waals surface area contributed by atoms with Crippen LogP contribution in [0.4, 0.5) is 0 Å². The van der Waals surface area contributed by atoms with Crippen LogP contribution < -0.4 is 33.8 Å². The van der Waals surface area contributed by atoms with E-state index in [9.17, 15) is 9.59 Å². The van der Waals surface area contributed by atoms with Crippen LogP contribution in [-0.2, 0) is 9.53 Å². The van der Waals surface area contributed by atoms with E-state index < -0.39 is 12.0 Å². The molecule has 4 rings (SSSR count).